The van der Waals surface area contributed by atoms with Crippen LogP contribution in [0, 0.1) is 0 Å². The van der Waals surface area contributed by atoms with Crippen LogP contribution in [0.15, 0.2) is 24.3 Å². The van der Waals surface area contributed by atoms with Crippen molar-refractivity contribution in [3.05, 3.63) is 24.3 Å². The van der Waals surface area contributed by atoms with Gasteiger partial charge in [-0.2, -0.15) is 0 Å². The Morgan fingerprint density at radius 2 is 1.81 bits per heavy atom. The molecule has 0 atom stereocenters. The molecular formula is C14H24O2. The van der Waals surface area contributed by atoms with Crippen molar-refractivity contribution >= 4 is 5.97 Å². The van der Waals surface area contributed by atoms with Gasteiger partial charge >= 0.3 is 5.97 Å². The van der Waals surface area contributed by atoms with Crippen LogP contribution in [0.2, 0.25) is 0 Å². The molecule has 0 aliphatic carbocycles. The average molecular weight is 224 g/mol. The summed E-state index contributed by atoms with van der Waals surface area (Å²) in [5.74, 6) is -0.270. The Hall–Kier alpha value is -1.05. The van der Waals surface area contributed by atoms with Gasteiger partial charge in [0.2, 0.25) is 0 Å². The third-order valence-corrected chi connectivity index (χ3v) is 2.33. The topological polar surface area (TPSA) is 26.3 Å². The van der Waals surface area contributed by atoms with Gasteiger partial charge in [0.05, 0.1) is 6.61 Å². The minimum absolute atomic E-state index is 0.270. The van der Waals surface area contributed by atoms with Crippen molar-refractivity contribution in [3.63, 3.8) is 0 Å². The Morgan fingerprint density at radius 3 is 2.44 bits per heavy atom. The fourth-order valence-electron chi connectivity index (χ4n) is 1.35. The second-order valence-electron chi connectivity index (χ2n) is 4.04. The smallest absolute Gasteiger partial charge is 0.333 e. The van der Waals surface area contributed by atoms with Gasteiger partial charge in [-0.15, -0.1) is 0 Å². The minimum atomic E-state index is -0.270. The van der Waals surface area contributed by atoms with Crippen molar-refractivity contribution in [2.24, 2.45) is 0 Å². The minimum Gasteiger partial charge on any atom is -0.462 e. The zero-order chi connectivity index (χ0) is 12.2. The van der Waals surface area contributed by atoms with Crippen LogP contribution < -0.4 is 0 Å². The van der Waals surface area contributed by atoms with Gasteiger partial charge in [-0.25, -0.2) is 4.79 Å². The fourth-order valence-corrected chi connectivity index (χ4v) is 1.35. The van der Waals surface area contributed by atoms with Crippen molar-refractivity contribution in [3.8, 4) is 0 Å². The Morgan fingerprint density at radius 1 is 1.19 bits per heavy atom. The maximum Gasteiger partial charge on any atom is 0.333 e. The molecule has 0 unspecified atom stereocenters. The highest BCUT2D eigenvalue weighted by molar-refractivity contribution is 5.86. The molecule has 0 saturated carbocycles. The van der Waals surface area contributed by atoms with Crippen molar-refractivity contribution in [1.82, 2.24) is 0 Å². The number of ether oxygens (including phenoxy) is 1. The Bertz CT molecular complexity index is 229. The lowest BCUT2D eigenvalue weighted by Crippen LogP contribution is -2.05. The molecular weight excluding hydrogens is 200 g/mol. The van der Waals surface area contributed by atoms with Crippen LogP contribution in [0.4, 0.5) is 0 Å². The lowest BCUT2D eigenvalue weighted by Gasteiger charge is -2.03. The summed E-state index contributed by atoms with van der Waals surface area (Å²) in [5.41, 5.74) is 0.478. The molecule has 0 N–H and O–H groups in total. The van der Waals surface area contributed by atoms with E-state index < -0.39 is 0 Å². The lowest BCUT2D eigenvalue weighted by atomic mass is 10.1. The van der Waals surface area contributed by atoms with Gasteiger partial charge in [0.25, 0.3) is 0 Å². The molecule has 0 aliphatic rings. The Balaban J connectivity index is 3.15. The molecule has 0 aromatic carbocycles. The zero-order valence-electron chi connectivity index (χ0n) is 10.6. The molecule has 0 aromatic rings. The molecule has 0 saturated heterocycles. The average Bonchev–Trinajstić information content (AvgIpc) is 2.26. The van der Waals surface area contributed by atoms with Crippen LogP contribution in [0.25, 0.3) is 0 Å². The summed E-state index contributed by atoms with van der Waals surface area (Å²) < 4.78 is 5.00. The van der Waals surface area contributed by atoms with E-state index in [9.17, 15) is 4.79 Å². The first kappa shape index (κ1) is 14.9. The number of carbonyl (C=O) groups excluding carboxylic acids is 1. The van der Waals surface area contributed by atoms with Gasteiger partial charge in [-0.3, -0.25) is 0 Å². The van der Waals surface area contributed by atoms with E-state index in [0.717, 1.165) is 12.8 Å². The Kier molecular flexibility index (Phi) is 9.78. The molecule has 0 rings (SSSR count). The number of rotatable bonds is 9. The van der Waals surface area contributed by atoms with E-state index in [1.807, 2.05) is 0 Å². The fraction of sp³-hybridized carbons (Fsp3) is 0.643. The van der Waals surface area contributed by atoms with Crippen LogP contribution in [-0.4, -0.2) is 12.6 Å². The molecule has 0 heterocycles. The van der Waals surface area contributed by atoms with Gasteiger partial charge in [0, 0.05) is 5.57 Å². The first-order valence-corrected chi connectivity index (χ1v) is 6.12. The molecule has 16 heavy (non-hydrogen) atoms. The molecule has 0 bridgehead atoms. The van der Waals surface area contributed by atoms with E-state index in [1.165, 1.54) is 25.7 Å². The monoisotopic (exact) mass is 224 g/mol. The Labute approximate surface area is 99.4 Å². The normalized spacial score (nSPS) is 10.6. The van der Waals surface area contributed by atoms with Crippen molar-refractivity contribution in [1.29, 1.82) is 0 Å². The van der Waals surface area contributed by atoms with Gasteiger partial charge in [-0.1, -0.05) is 38.0 Å². The van der Waals surface area contributed by atoms with E-state index in [-0.39, 0.29) is 5.97 Å². The number of hydrogen-bond donors (Lipinski definition) is 0. The molecule has 0 radical (unpaired) electrons. The van der Waals surface area contributed by atoms with Crippen LogP contribution in [-0.2, 0) is 9.53 Å². The summed E-state index contributed by atoms with van der Waals surface area (Å²) in [7, 11) is 0. The first-order chi connectivity index (χ1) is 7.68. The first-order valence-electron chi connectivity index (χ1n) is 6.12. The van der Waals surface area contributed by atoms with E-state index in [2.05, 4.69) is 25.7 Å². The second-order valence-corrected chi connectivity index (χ2v) is 4.04. The summed E-state index contributed by atoms with van der Waals surface area (Å²) >= 11 is 0. The third-order valence-electron chi connectivity index (χ3n) is 2.33. The van der Waals surface area contributed by atoms with Crippen LogP contribution >= 0.6 is 0 Å². The lowest BCUT2D eigenvalue weighted by molar-refractivity contribution is -0.139. The predicted octanol–water partition coefficient (Wildman–Crippen LogP) is 4.02. The van der Waals surface area contributed by atoms with E-state index in [0.29, 0.717) is 12.2 Å². The van der Waals surface area contributed by atoms with Crippen molar-refractivity contribution in [2.45, 2.75) is 52.4 Å². The number of unbranched alkanes of at least 4 members (excludes halogenated alkanes) is 5. The quantitative estimate of drug-likeness (QED) is 0.256. The van der Waals surface area contributed by atoms with Crippen molar-refractivity contribution in [2.75, 3.05) is 6.61 Å². The summed E-state index contributed by atoms with van der Waals surface area (Å²) in [6.45, 7) is 7.78. The maximum absolute atomic E-state index is 11.0. The number of carbonyl (C=O) groups is 1. The number of esters is 1. The van der Waals surface area contributed by atoms with Gasteiger partial charge in [0.1, 0.15) is 0 Å². The summed E-state index contributed by atoms with van der Waals surface area (Å²) in [6, 6.07) is 0. The molecule has 0 aliphatic heterocycles. The highest BCUT2D eigenvalue weighted by atomic mass is 16.5. The molecule has 0 fully saturated rings. The highest BCUT2D eigenvalue weighted by Gasteiger charge is 2.01. The second kappa shape index (κ2) is 10.5. The van der Waals surface area contributed by atoms with Gasteiger partial charge < -0.3 is 4.74 Å². The summed E-state index contributed by atoms with van der Waals surface area (Å²) in [5, 5.41) is 0. The zero-order valence-corrected chi connectivity index (χ0v) is 10.6. The van der Waals surface area contributed by atoms with Crippen molar-refractivity contribution < 1.29 is 9.53 Å². The van der Waals surface area contributed by atoms with Gasteiger partial charge in [0.15, 0.2) is 0 Å². The molecule has 2 heteroatoms. The third kappa shape index (κ3) is 9.50. The molecule has 0 aromatic heterocycles. The molecule has 92 valence electrons. The van der Waals surface area contributed by atoms with Crippen LogP contribution in [0.1, 0.15) is 52.4 Å². The summed E-state index contributed by atoms with van der Waals surface area (Å²) in [6.07, 6.45) is 11.3. The number of allylic oxidation sites excluding steroid dienone is 2. The standard InChI is InChI=1S/C14H24O2/c1-4-5-6-7-8-9-10-11-12-16-14(15)13(2)3/h4-5H,2,6-12H2,1,3H3/b5-4+. The van der Waals surface area contributed by atoms with E-state index in [1.54, 1.807) is 6.92 Å². The predicted molar refractivity (Wildman–Crippen MR) is 68.3 cm³/mol. The highest BCUT2D eigenvalue weighted by Crippen LogP contribution is 2.06. The van der Waals surface area contributed by atoms with Crippen LogP contribution in [0.5, 0.6) is 0 Å². The summed E-state index contributed by atoms with van der Waals surface area (Å²) in [4.78, 5) is 11.0. The van der Waals surface area contributed by atoms with Gasteiger partial charge in [-0.05, 0) is 33.1 Å². The van der Waals surface area contributed by atoms with Crippen LogP contribution in [0.3, 0.4) is 0 Å². The molecule has 0 amide bonds. The largest absolute Gasteiger partial charge is 0.462 e. The molecule has 2 nitrogen and oxygen atoms in total. The molecule has 0 spiro atoms. The number of hydrogen-bond acceptors (Lipinski definition) is 2. The maximum atomic E-state index is 11.0. The SMILES string of the molecule is C=C(C)C(=O)OCCCCCCC/C=C/C. The van der Waals surface area contributed by atoms with E-state index >= 15 is 0 Å². The van der Waals surface area contributed by atoms with E-state index in [4.69, 9.17) is 4.74 Å².